The van der Waals surface area contributed by atoms with E-state index in [1.165, 1.54) is 43.5 Å². The lowest BCUT2D eigenvalue weighted by Gasteiger charge is -2.34. The van der Waals surface area contributed by atoms with Crippen molar-refractivity contribution in [1.29, 1.82) is 5.26 Å². The van der Waals surface area contributed by atoms with Crippen molar-refractivity contribution >= 4 is 27.3 Å². The Morgan fingerprint density at radius 2 is 1.74 bits per heavy atom. The Bertz CT molecular complexity index is 1940. The number of hydrogen-bond donors (Lipinski definition) is 1. The van der Waals surface area contributed by atoms with Crippen LogP contribution in [0.25, 0.3) is 0 Å². The Labute approximate surface area is 275 Å². The number of ether oxygens (including phenoxy) is 2. The van der Waals surface area contributed by atoms with Gasteiger partial charge in [-0.2, -0.15) is 5.26 Å². The zero-order chi connectivity index (χ0) is 33.2. The van der Waals surface area contributed by atoms with Crippen molar-refractivity contribution in [2.45, 2.75) is 23.9 Å². The van der Waals surface area contributed by atoms with Gasteiger partial charge in [0.15, 0.2) is 5.54 Å². The van der Waals surface area contributed by atoms with Gasteiger partial charge >= 0.3 is 0 Å². The summed E-state index contributed by atoms with van der Waals surface area (Å²) in [7, 11) is -0.828. The van der Waals surface area contributed by atoms with E-state index >= 15 is 4.79 Å². The zero-order valence-corrected chi connectivity index (χ0v) is 27.3. The molecule has 0 spiro atoms. The van der Waals surface area contributed by atoms with Crippen LogP contribution in [0.5, 0.6) is 11.6 Å². The second-order valence-corrected chi connectivity index (χ2v) is 13.2. The minimum absolute atomic E-state index is 0.0890. The maximum Gasteiger partial charge on any atom is 0.270 e. The van der Waals surface area contributed by atoms with Crippen LogP contribution in [0, 0.1) is 11.3 Å². The Morgan fingerprint density at radius 3 is 2.45 bits per heavy atom. The Morgan fingerprint density at radius 1 is 0.979 bits per heavy atom. The highest BCUT2D eigenvalue weighted by molar-refractivity contribution is 7.93. The molecule has 0 bridgehead atoms. The monoisotopic (exact) mass is 652 g/mol. The number of fused-ring (bicyclic) bond motifs is 1. The SMILES string of the molecule is CCOc1ncccc1C1(NCc2cccc(N3CCN(C)CC3)c2)C(=O)N(S(=O)(=O)c2ccc(OC)cc2)c2ccc(C#N)cc21. The number of hydrogen-bond acceptors (Lipinski definition) is 10. The molecule has 1 unspecified atom stereocenters. The van der Waals surface area contributed by atoms with E-state index < -0.39 is 21.5 Å². The molecule has 1 N–H and O–H groups in total. The number of rotatable bonds is 10. The predicted octanol–water partition coefficient (Wildman–Crippen LogP) is 3.88. The number of carbonyl (C=O) groups is 1. The number of sulfonamides is 1. The first-order valence-corrected chi connectivity index (χ1v) is 16.8. The van der Waals surface area contributed by atoms with E-state index in [0.717, 1.165) is 41.7 Å². The average molecular weight is 653 g/mol. The molecule has 1 saturated heterocycles. The number of likely N-dealkylation sites (N-methyl/N-ethyl adjacent to an activating group) is 1. The third-order valence-corrected chi connectivity index (χ3v) is 10.4. The Kier molecular flexibility index (Phi) is 8.88. The van der Waals surface area contributed by atoms with E-state index in [4.69, 9.17) is 9.47 Å². The van der Waals surface area contributed by atoms with E-state index in [1.54, 1.807) is 31.3 Å². The minimum atomic E-state index is -4.43. The number of aromatic nitrogens is 1. The number of carbonyl (C=O) groups excluding carboxylic acids is 1. The maximum absolute atomic E-state index is 15.0. The summed E-state index contributed by atoms with van der Waals surface area (Å²) in [5.41, 5.74) is 1.24. The smallest absolute Gasteiger partial charge is 0.270 e. The second-order valence-electron chi connectivity index (χ2n) is 11.4. The molecule has 4 aromatic rings. The van der Waals surface area contributed by atoms with E-state index in [1.807, 2.05) is 12.1 Å². The third-order valence-electron chi connectivity index (χ3n) is 8.64. The molecule has 1 atom stereocenters. The number of piperazine rings is 1. The van der Waals surface area contributed by atoms with Gasteiger partial charge in [-0.05, 0) is 86.3 Å². The molecular formula is C35H36N6O5S. The summed E-state index contributed by atoms with van der Waals surface area (Å²) in [6.45, 7) is 5.97. The number of anilines is 2. The van der Waals surface area contributed by atoms with Crippen LogP contribution in [-0.2, 0) is 26.9 Å². The van der Waals surface area contributed by atoms with Gasteiger partial charge in [0.05, 0.1) is 35.9 Å². The Hall–Kier alpha value is -4.96. The number of benzene rings is 3. The first-order valence-electron chi connectivity index (χ1n) is 15.4. The lowest BCUT2D eigenvalue weighted by atomic mass is 9.83. The summed E-state index contributed by atoms with van der Waals surface area (Å²) in [4.78, 5) is 24.0. The summed E-state index contributed by atoms with van der Waals surface area (Å²) in [6.07, 6.45) is 1.56. The first kappa shape index (κ1) is 32.0. The van der Waals surface area contributed by atoms with E-state index in [2.05, 4.69) is 45.4 Å². The number of nitriles is 1. The van der Waals surface area contributed by atoms with Crippen LogP contribution in [0.3, 0.4) is 0 Å². The third kappa shape index (κ3) is 5.78. The summed E-state index contributed by atoms with van der Waals surface area (Å²) in [6, 6.07) is 24.0. The van der Waals surface area contributed by atoms with Gasteiger partial charge in [-0.15, -0.1) is 0 Å². The van der Waals surface area contributed by atoms with E-state index in [-0.39, 0.29) is 35.2 Å². The molecule has 3 heterocycles. The fourth-order valence-corrected chi connectivity index (χ4v) is 7.63. The average Bonchev–Trinajstić information content (AvgIpc) is 3.35. The van der Waals surface area contributed by atoms with Crippen molar-refractivity contribution in [2.75, 3.05) is 56.1 Å². The number of amides is 1. The molecule has 0 radical (unpaired) electrons. The molecule has 242 valence electrons. The van der Waals surface area contributed by atoms with Gasteiger partial charge in [-0.1, -0.05) is 12.1 Å². The van der Waals surface area contributed by atoms with Gasteiger partial charge in [0.1, 0.15) is 5.75 Å². The maximum atomic E-state index is 15.0. The van der Waals surface area contributed by atoms with Crippen molar-refractivity contribution in [3.05, 3.63) is 107 Å². The highest BCUT2D eigenvalue weighted by Crippen LogP contribution is 2.49. The van der Waals surface area contributed by atoms with Crippen LogP contribution >= 0.6 is 0 Å². The van der Waals surface area contributed by atoms with E-state index in [0.29, 0.717) is 16.9 Å². The fourth-order valence-electron chi connectivity index (χ4n) is 6.17. The number of methoxy groups -OCH3 is 1. The molecule has 2 aliphatic heterocycles. The van der Waals surface area contributed by atoms with Gasteiger partial charge in [0, 0.05) is 55.7 Å². The molecule has 1 amide bonds. The quantitative estimate of drug-likeness (QED) is 0.270. The van der Waals surface area contributed by atoms with Gasteiger partial charge in [-0.3, -0.25) is 10.1 Å². The molecule has 0 aliphatic carbocycles. The van der Waals surface area contributed by atoms with Crippen LogP contribution in [0.1, 0.15) is 29.2 Å². The Balaban J connectivity index is 1.50. The minimum Gasteiger partial charge on any atom is -0.497 e. The molecule has 1 aromatic heterocycles. The van der Waals surface area contributed by atoms with Crippen LogP contribution in [0.15, 0.2) is 90.0 Å². The molecule has 6 rings (SSSR count). The first-order chi connectivity index (χ1) is 22.7. The number of nitrogens with zero attached hydrogens (tertiary/aromatic N) is 5. The van der Waals surface area contributed by atoms with Gasteiger partial charge in [-0.25, -0.2) is 17.7 Å². The van der Waals surface area contributed by atoms with Gasteiger partial charge in [0.25, 0.3) is 15.9 Å². The lowest BCUT2D eigenvalue weighted by Crippen LogP contribution is -2.52. The number of nitrogens with one attached hydrogen (secondary N) is 1. The number of pyridine rings is 1. The molecule has 47 heavy (non-hydrogen) atoms. The van der Waals surface area contributed by atoms with Crippen molar-refractivity contribution < 1.29 is 22.7 Å². The fraction of sp³-hybridized carbons (Fsp3) is 0.286. The normalized spacial score (nSPS) is 18.1. The molecule has 2 aliphatic rings. The summed E-state index contributed by atoms with van der Waals surface area (Å²) < 4.78 is 40.6. The van der Waals surface area contributed by atoms with Crippen molar-refractivity contribution in [1.82, 2.24) is 15.2 Å². The van der Waals surface area contributed by atoms with Gasteiger partial charge in [0.2, 0.25) is 5.88 Å². The van der Waals surface area contributed by atoms with Crippen LogP contribution in [0.2, 0.25) is 0 Å². The predicted molar refractivity (Wildman–Crippen MR) is 178 cm³/mol. The summed E-state index contributed by atoms with van der Waals surface area (Å²) >= 11 is 0. The van der Waals surface area contributed by atoms with Gasteiger partial charge < -0.3 is 19.3 Å². The van der Waals surface area contributed by atoms with Crippen molar-refractivity contribution in [3.8, 4) is 17.7 Å². The van der Waals surface area contributed by atoms with Crippen LogP contribution in [0.4, 0.5) is 11.4 Å². The standard InChI is InChI=1S/C35H36N6O5S/c1-4-46-33-30(9-6-16-37-33)35(38-24-26-7-5-8-27(21-26)40-19-17-39(2)18-20-40)31-22-25(23-36)10-15-32(31)41(34(35)42)47(43,44)29-13-11-28(45-3)12-14-29/h5-16,21-22,38H,4,17-20,24H2,1-3H3. The van der Waals surface area contributed by atoms with Crippen molar-refractivity contribution in [2.24, 2.45) is 0 Å². The largest absolute Gasteiger partial charge is 0.497 e. The highest BCUT2D eigenvalue weighted by Gasteiger charge is 2.57. The van der Waals surface area contributed by atoms with Crippen LogP contribution < -0.4 is 24.0 Å². The lowest BCUT2D eigenvalue weighted by molar-refractivity contribution is -0.121. The summed E-state index contributed by atoms with van der Waals surface area (Å²) in [5.74, 6) is -0.107. The molecule has 3 aromatic carbocycles. The molecule has 0 saturated carbocycles. The molecule has 11 nitrogen and oxygen atoms in total. The van der Waals surface area contributed by atoms with Crippen LogP contribution in [-0.4, -0.2) is 71.2 Å². The van der Waals surface area contributed by atoms with Crippen molar-refractivity contribution in [3.63, 3.8) is 0 Å². The zero-order valence-electron chi connectivity index (χ0n) is 26.5. The summed E-state index contributed by atoms with van der Waals surface area (Å²) in [5, 5.41) is 13.4. The van der Waals surface area contributed by atoms with E-state index in [9.17, 15) is 13.7 Å². The molecule has 1 fully saturated rings. The topological polar surface area (TPSA) is 128 Å². The second kappa shape index (κ2) is 13.0. The highest BCUT2D eigenvalue weighted by atomic mass is 32.2. The molecule has 12 heteroatoms. The molecular weight excluding hydrogens is 616 g/mol.